The van der Waals surface area contributed by atoms with Gasteiger partial charge in [-0.15, -0.1) is 0 Å². The number of nitrogens with zero attached hydrogens (tertiary/aromatic N) is 4. The summed E-state index contributed by atoms with van der Waals surface area (Å²) in [5.41, 5.74) is 14.0. The van der Waals surface area contributed by atoms with Gasteiger partial charge in [-0.25, -0.2) is 5.01 Å². The fourth-order valence-corrected chi connectivity index (χ4v) is 1.61. The molecule has 7 nitrogen and oxygen atoms in total. The molecule has 0 aromatic carbocycles. The van der Waals surface area contributed by atoms with E-state index < -0.39 is 0 Å². The summed E-state index contributed by atoms with van der Waals surface area (Å²) in [5.74, 6) is 0.700. The van der Waals surface area contributed by atoms with Gasteiger partial charge in [0.05, 0.1) is 0 Å². The van der Waals surface area contributed by atoms with Crippen LogP contribution in [0.2, 0.25) is 0 Å². The van der Waals surface area contributed by atoms with Gasteiger partial charge in [0, 0.05) is 13.1 Å². The van der Waals surface area contributed by atoms with Gasteiger partial charge in [0.15, 0.2) is 0 Å². The lowest BCUT2D eigenvalue weighted by Crippen LogP contribution is -2.35. The van der Waals surface area contributed by atoms with E-state index in [0.717, 1.165) is 13.1 Å². The molecule has 2 heterocycles. The number of rotatable bonds is 2. The molecule has 0 amide bonds. The smallest absolute Gasteiger partial charge is 0.244 e. The van der Waals surface area contributed by atoms with Crippen LogP contribution in [0.4, 0.5) is 17.8 Å². The van der Waals surface area contributed by atoms with E-state index in [-0.39, 0.29) is 11.9 Å². The molecule has 5 N–H and O–H groups in total. The zero-order chi connectivity index (χ0) is 10.7. The largest absolute Gasteiger partial charge is 0.368 e. The van der Waals surface area contributed by atoms with Crippen molar-refractivity contribution in [2.45, 2.75) is 19.3 Å². The lowest BCUT2D eigenvalue weighted by atomic mass is 10.2. The molecule has 0 unspecified atom stereocenters. The molecule has 1 fully saturated rings. The Morgan fingerprint density at radius 2 is 1.53 bits per heavy atom. The van der Waals surface area contributed by atoms with E-state index >= 15 is 0 Å². The third-order valence-corrected chi connectivity index (χ3v) is 2.28. The Kier molecular flexibility index (Phi) is 2.82. The molecular weight excluding hydrogens is 194 g/mol. The first-order valence-corrected chi connectivity index (χ1v) is 5.03. The predicted molar refractivity (Wildman–Crippen MR) is 57.7 cm³/mol. The van der Waals surface area contributed by atoms with E-state index in [0.29, 0.717) is 5.95 Å². The zero-order valence-electron chi connectivity index (χ0n) is 8.48. The number of nitrogen functional groups attached to an aromatic ring is 2. The molecule has 1 aromatic heterocycles. The van der Waals surface area contributed by atoms with Gasteiger partial charge < -0.3 is 11.5 Å². The first-order chi connectivity index (χ1) is 7.24. The van der Waals surface area contributed by atoms with Crippen LogP contribution in [0, 0.1) is 0 Å². The van der Waals surface area contributed by atoms with Crippen LogP contribution in [0.3, 0.4) is 0 Å². The Morgan fingerprint density at radius 3 is 2.13 bits per heavy atom. The first-order valence-electron chi connectivity index (χ1n) is 5.03. The van der Waals surface area contributed by atoms with Crippen molar-refractivity contribution >= 4 is 17.8 Å². The quantitative estimate of drug-likeness (QED) is 0.621. The van der Waals surface area contributed by atoms with E-state index in [9.17, 15) is 0 Å². The number of hydrogen-bond donors (Lipinski definition) is 3. The van der Waals surface area contributed by atoms with Gasteiger partial charge in [0.2, 0.25) is 17.8 Å². The fraction of sp³-hybridized carbons (Fsp3) is 0.625. The third kappa shape index (κ3) is 2.66. The number of hydrogen-bond acceptors (Lipinski definition) is 7. The van der Waals surface area contributed by atoms with Crippen LogP contribution in [0.15, 0.2) is 0 Å². The van der Waals surface area contributed by atoms with Crippen LogP contribution in [-0.2, 0) is 0 Å². The molecule has 7 heteroatoms. The average Bonchev–Trinajstić information content (AvgIpc) is 2.17. The van der Waals surface area contributed by atoms with Crippen LogP contribution >= 0.6 is 0 Å². The van der Waals surface area contributed by atoms with Crippen molar-refractivity contribution in [3.63, 3.8) is 0 Å². The van der Waals surface area contributed by atoms with Crippen molar-refractivity contribution in [1.29, 1.82) is 0 Å². The van der Waals surface area contributed by atoms with E-state index in [1.165, 1.54) is 19.3 Å². The van der Waals surface area contributed by atoms with Crippen LogP contribution in [-0.4, -0.2) is 33.1 Å². The van der Waals surface area contributed by atoms with Crippen LogP contribution < -0.4 is 16.9 Å². The molecule has 1 saturated heterocycles. The number of piperidine rings is 1. The molecule has 82 valence electrons. The molecule has 0 atom stereocenters. The highest BCUT2D eigenvalue weighted by molar-refractivity contribution is 5.36. The van der Waals surface area contributed by atoms with Crippen molar-refractivity contribution in [2.75, 3.05) is 30.0 Å². The highest BCUT2D eigenvalue weighted by Gasteiger charge is 2.11. The Hall–Kier alpha value is -1.63. The second-order valence-corrected chi connectivity index (χ2v) is 3.53. The summed E-state index contributed by atoms with van der Waals surface area (Å²) in [4.78, 5) is 11.6. The standard InChI is InChI=1S/C8H15N7/c9-6-11-7(10)13-8(12-6)14-15-4-2-1-3-5-15/h1-5H2,(H5,9,10,11,12,13,14). The lowest BCUT2D eigenvalue weighted by molar-refractivity contribution is 0.271. The highest BCUT2D eigenvalue weighted by atomic mass is 15.5. The summed E-state index contributed by atoms with van der Waals surface area (Å²) in [6, 6.07) is 0. The lowest BCUT2D eigenvalue weighted by Gasteiger charge is -2.26. The fourth-order valence-electron chi connectivity index (χ4n) is 1.61. The Balaban J connectivity index is 2.02. The molecule has 0 aliphatic carbocycles. The monoisotopic (exact) mass is 209 g/mol. The summed E-state index contributed by atoms with van der Waals surface area (Å²) < 4.78 is 0. The molecule has 0 saturated carbocycles. The minimum atomic E-state index is 0.141. The van der Waals surface area contributed by atoms with E-state index in [4.69, 9.17) is 11.5 Å². The highest BCUT2D eigenvalue weighted by Crippen LogP contribution is 2.10. The Labute approximate surface area is 87.9 Å². The number of nitrogens with one attached hydrogen (secondary N) is 1. The molecule has 2 rings (SSSR count). The summed E-state index contributed by atoms with van der Waals surface area (Å²) in [6.07, 6.45) is 3.64. The summed E-state index contributed by atoms with van der Waals surface area (Å²) in [5, 5.41) is 2.07. The first kappa shape index (κ1) is 9.91. The van der Waals surface area contributed by atoms with Crippen LogP contribution in [0.5, 0.6) is 0 Å². The molecule has 15 heavy (non-hydrogen) atoms. The van der Waals surface area contributed by atoms with Crippen LogP contribution in [0.1, 0.15) is 19.3 Å². The van der Waals surface area contributed by atoms with Gasteiger partial charge in [-0.1, -0.05) is 6.42 Å². The maximum absolute atomic E-state index is 5.46. The van der Waals surface area contributed by atoms with E-state index in [1.54, 1.807) is 0 Å². The Morgan fingerprint density at radius 1 is 0.933 bits per heavy atom. The minimum Gasteiger partial charge on any atom is -0.368 e. The maximum Gasteiger partial charge on any atom is 0.244 e. The van der Waals surface area contributed by atoms with Gasteiger partial charge in [-0.2, -0.15) is 15.0 Å². The number of nitrogens with two attached hydrogens (primary N) is 2. The average molecular weight is 209 g/mol. The second-order valence-electron chi connectivity index (χ2n) is 3.53. The molecule has 1 aliphatic rings. The summed E-state index contributed by atoms with van der Waals surface area (Å²) in [6.45, 7) is 1.98. The number of anilines is 3. The van der Waals surface area contributed by atoms with Gasteiger partial charge in [-0.3, -0.25) is 5.43 Å². The molecule has 0 bridgehead atoms. The zero-order valence-corrected chi connectivity index (χ0v) is 8.48. The SMILES string of the molecule is Nc1nc(N)nc(NN2CCCCC2)n1. The molecular formula is C8H15N7. The third-order valence-electron chi connectivity index (χ3n) is 2.28. The van der Waals surface area contributed by atoms with Crippen molar-refractivity contribution < 1.29 is 0 Å². The molecule has 0 radical (unpaired) electrons. The summed E-state index contributed by atoms with van der Waals surface area (Å²) in [7, 11) is 0. The van der Waals surface area contributed by atoms with Crippen molar-refractivity contribution in [2.24, 2.45) is 0 Å². The number of aromatic nitrogens is 3. The van der Waals surface area contributed by atoms with E-state index in [1.807, 2.05) is 0 Å². The number of hydrazine groups is 1. The van der Waals surface area contributed by atoms with Crippen molar-refractivity contribution in [3.05, 3.63) is 0 Å². The summed E-state index contributed by atoms with van der Waals surface area (Å²) >= 11 is 0. The van der Waals surface area contributed by atoms with E-state index in [2.05, 4.69) is 25.4 Å². The van der Waals surface area contributed by atoms with Crippen molar-refractivity contribution in [1.82, 2.24) is 20.0 Å². The second kappa shape index (κ2) is 4.26. The van der Waals surface area contributed by atoms with Gasteiger partial charge in [0.25, 0.3) is 0 Å². The molecule has 1 aromatic rings. The van der Waals surface area contributed by atoms with Gasteiger partial charge in [-0.05, 0) is 12.8 Å². The topological polar surface area (TPSA) is 106 Å². The Bertz CT molecular complexity index is 314. The van der Waals surface area contributed by atoms with Crippen LogP contribution in [0.25, 0.3) is 0 Å². The minimum absolute atomic E-state index is 0.141. The maximum atomic E-state index is 5.46. The van der Waals surface area contributed by atoms with Gasteiger partial charge in [0.1, 0.15) is 0 Å². The van der Waals surface area contributed by atoms with Gasteiger partial charge >= 0.3 is 0 Å². The molecule has 1 aliphatic heterocycles. The predicted octanol–water partition coefficient (Wildman–Crippen LogP) is -0.151. The molecule has 0 spiro atoms. The normalized spacial score (nSPS) is 17.6. The van der Waals surface area contributed by atoms with Crippen molar-refractivity contribution in [3.8, 4) is 0 Å².